The average Bonchev–Trinajstić information content (AvgIpc) is 2.97. The number of thiazole rings is 1. The van der Waals surface area contributed by atoms with Gasteiger partial charge in [0, 0.05) is 30.9 Å². The Morgan fingerprint density at radius 2 is 1.59 bits per heavy atom. The molecule has 142 valence electrons. The highest BCUT2D eigenvalue weighted by atomic mass is 127. The van der Waals surface area contributed by atoms with E-state index in [0.717, 1.165) is 0 Å². The summed E-state index contributed by atoms with van der Waals surface area (Å²) in [5, 5.41) is 1.28. The smallest absolute Gasteiger partial charge is 0.262 e. The summed E-state index contributed by atoms with van der Waals surface area (Å²) in [6.07, 6.45) is 8.49. The maximum atomic E-state index is 2.51. The summed E-state index contributed by atoms with van der Waals surface area (Å²) in [6.45, 7) is 6.77. The molecule has 0 unspecified atom stereocenters. The molecule has 2 heterocycles. The van der Waals surface area contributed by atoms with Crippen LogP contribution < -0.4 is 33.4 Å². The minimum atomic E-state index is 0. The van der Waals surface area contributed by atoms with Gasteiger partial charge in [0.1, 0.15) is 11.7 Å². The standard InChI is InChI=1S/C23H27N2S.HI/c1-17-15-21-22(16-18(17)2)26-23(24(21)3)12-9-19-7-10-20(11-8-19)25-13-5-4-6-14-25;/h7-12,15-16H,4-6,13-14H2,1-3H3;1H/q+1;/p-1. The Hall–Kier alpha value is -1.40. The third kappa shape index (κ3) is 4.37. The fourth-order valence-electron chi connectivity index (χ4n) is 3.68. The molecule has 0 aliphatic carbocycles. The van der Waals surface area contributed by atoms with Gasteiger partial charge in [-0.3, -0.25) is 0 Å². The minimum Gasteiger partial charge on any atom is -1.00 e. The van der Waals surface area contributed by atoms with Crippen LogP contribution in [0.5, 0.6) is 0 Å². The van der Waals surface area contributed by atoms with E-state index in [9.17, 15) is 0 Å². The Bertz CT molecular complexity index is 951. The molecule has 1 saturated heterocycles. The van der Waals surface area contributed by atoms with Crippen LogP contribution in [0.15, 0.2) is 36.4 Å². The molecule has 4 rings (SSSR count). The number of anilines is 1. The molecule has 0 N–H and O–H groups in total. The summed E-state index contributed by atoms with van der Waals surface area (Å²) in [6, 6.07) is 13.6. The van der Waals surface area contributed by atoms with Crippen LogP contribution in [0.25, 0.3) is 22.4 Å². The molecule has 27 heavy (non-hydrogen) atoms. The van der Waals surface area contributed by atoms with Gasteiger partial charge >= 0.3 is 0 Å². The number of benzene rings is 2. The molecule has 0 spiro atoms. The zero-order valence-electron chi connectivity index (χ0n) is 16.3. The SMILES string of the molecule is Cc1cc2sc(/C=C/c3ccc(N4CCCCC4)cc3)[n+](C)c2cc1C.[I-]. The van der Waals surface area contributed by atoms with E-state index in [-0.39, 0.29) is 24.0 Å². The highest BCUT2D eigenvalue weighted by Crippen LogP contribution is 2.25. The molecule has 0 saturated carbocycles. The largest absolute Gasteiger partial charge is 1.00 e. The Kier molecular flexibility index (Phi) is 6.58. The molecule has 0 radical (unpaired) electrons. The van der Waals surface area contributed by atoms with Crippen LogP contribution in [0, 0.1) is 13.8 Å². The van der Waals surface area contributed by atoms with Crippen LogP contribution in [0.1, 0.15) is 41.0 Å². The van der Waals surface area contributed by atoms with E-state index < -0.39 is 0 Å². The van der Waals surface area contributed by atoms with E-state index in [2.05, 4.69) is 78.9 Å². The van der Waals surface area contributed by atoms with Crippen molar-refractivity contribution in [2.75, 3.05) is 18.0 Å². The Morgan fingerprint density at radius 3 is 2.30 bits per heavy atom. The maximum absolute atomic E-state index is 2.51. The Morgan fingerprint density at radius 1 is 0.926 bits per heavy atom. The van der Waals surface area contributed by atoms with Crippen LogP contribution in [0.3, 0.4) is 0 Å². The lowest BCUT2D eigenvalue weighted by molar-refractivity contribution is -0.642. The molecule has 4 heteroatoms. The molecular weight excluding hydrogens is 463 g/mol. The number of piperidine rings is 1. The van der Waals surface area contributed by atoms with Crippen molar-refractivity contribution < 1.29 is 28.5 Å². The predicted molar refractivity (Wildman–Crippen MR) is 114 cm³/mol. The first-order chi connectivity index (χ1) is 12.6. The predicted octanol–water partition coefficient (Wildman–Crippen LogP) is 2.51. The number of fused-ring (bicyclic) bond motifs is 1. The summed E-state index contributed by atoms with van der Waals surface area (Å²) in [7, 11) is 2.16. The zero-order chi connectivity index (χ0) is 18.1. The molecule has 2 nitrogen and oxygen atoms in total. The van der Waals surface area contributed by atoms with Gasteiger partial charge in [-0.15, -0.1) is 0 Å². The van der Waals surface area contributed by atoms with Gasteiger partial charge in [-0.1, -0.05) is 23.5 Å². The van der Waals surface area contributed by atoms with E-state index in [1.54, 1.807) is 0 Å². The number of aryl methyl sites for hydroxylation is 3. The van der Waals surface area contributed by atoms with Crippen LogP contribution in [0.2, 0.25) is 0 Å². The van der Waals surface area contributed by atoms with Crippen LogP contribution in [-0.2, 0) is 7.05 Å². The van der Waals surface area contributed by atoms with Crippen molar-refractivity contribution in [1.82, 2.24) is 0 Å². The highest BCUT2D eigenvalue weighted by molar-refractivity contribution is 7.18. The summed E-state index contributed by atoms with van der Waals surface area (Å²) in [4.78, 5) is 2.51. The zero-order valence-corrected chi connectivity index (χ0v) is 19.3. The van der Waals surface area contributed by atoms with Gasteiger partial charge in [0.2, 0.25) is 5.52 Å². The van der Waals surface area contributed by atoms with Gasteiger partial charge in [-0.05, 0) is 74.1 Å². The summed E-state index contributed by atoms with van der Waals surface area (Å²) in [5.74, 6) is 0. The Balaban J connectivity index is 0.00000210. The van der Waals surface area contributed by atoms with Crippen LogP contribution in [0.4, 0.5) is 5.69 Å². The lowest BCUT2D eigenvalue weighted by atomic mass is 10.1. The molecule has 3 aromatic rings. The van der Waals surface area contributed by atoms with Crippen molar-refractivity contribution >= 4 is 39.4 Å². The third-order valence-corrected chi connectivity index (χ3v) is 6.68. The molecule has 0 bridgehead atoms. The maximum Gasteiger partial charge on any atom is 0.262 e. The lowest BCUT2D eigenvalue weighted by Crippen LogP contribution is -3.00. The number of nitrogens with zero attached hydrogens (tertiary/aromatic N) is 2. The molecule has 2 aromatic carbocycles. The molecule has 0 atom stereocenters. The molecule has 0 amide bonds. The van der Waals surface area contributed by atoms with E-state index in [0.29, 0.717) is 0 Å². The van der Waals surface area contributed by atoms with Gasteiger partial charge in [-0.2, -0.15) is 4.57 Å². The van der Waals surface area contributed by atoms with Crippen molar-refractivity contribution in [2.45, 2.75) is 33.1 Å². The normalized spacial score (nSPS) is 14.7. The number of hydrogen-bond acceptors (Lipinski definition) is 2. The number of aromatic nitrogens is 1. The second-order valence-electron chi connectivity index (χ2n) is 7.38. The average molecular weight is 490 g/mol. The number of hydrogen-bond donors (Lipinski definition) is 0. The quantitative estimate of drug-likeness (QED) is 0.405. The Labute approximate surface area is 183 Å². The summed E-state index contributed by atoms with van der Waals surface area (Å²) >= 11 is 1.86. The first kappa shape index (κ1) is 20.3. The van der Waals surface area contributed by atoms with Crippen molar-refractivity contribution in [3.8, 4) is 0 Å². The summed E-state index contributed by atoms with van der Waals surface area (Å²) in [5.41, 5.74) is 6.66. The van der Waals surface area contributed by atoms with Gasteiger partial charge in [0.25, 0.3) is 5.01 Å². The third-order valence-electron chi connectivity index (χ3n) is 5.51. The fraction of sp³-hybridized carbons (Fsp3) is 0.348. The van der Waals surface area contributed by atoms with Crippen molar-refractivity contribution in [3.63, 3.8) is 0 Å². The van der Waals surface area contributed by atoms with E-state index >= 15 is 0 Å². The van der Waals surface area contributed by atoms with E-state index in [1.807, 2.05) is 11.3 Å². The topological polar surface area (TPSA) is 7.12 Å². The van der Waals surface area contributed by atoms with Crippen molar-refractivity contribution in [2.24, 2.45) is 7.05 Å². The molecule has 1 fully saturated rings. The number of halogens is 1. The molecule has 1 aromatic heterocycles. The molecular formula is C23H27IN2S. The monoisotopic (exact) mass is 490 g/mol. The first-order valence-corrected chi connectivity index (χ1v) is 10.4. The highest BCUT2D eigenvalue weighted by Gasteiger charge is 2.15. The van der Waals surface area contributed by atoms with Crippen LogP contribution >= 0.6 is 11.3 Å². The van der Waals surface area contributed by atoms with Crippen molar-refractivity contribution in [1.29, 1.82) is 0 Å². The van der Waals surface area contributed by atoms with Gasteiger partial charge in [0.05, 0.1) is 0 Å². The van der Waals surface area contributed by atoms with Gasteiger partial charge in [0.15, 0.2) is 0 Å². The van der Waals surface area contributed by atoms with Gasteiger partial charge in [-0.25, -0.2) is 0 Å². The second kappa shape index (κ2) is 8.74. The minimum absolute atomic E-state index is 0. The lowest BCUT2D eigenvalue weighted by Gasteiger charge is -2.28. The first-order valence-electron chi connectivity index (χ1n) is 9.55. The van der Waals surface area contributed by atoms with E-state index in [4.69, 9.17) is 0 Å². The van der Waals surface area contributed by atoms with Gasteiger partial charge < -0.3 is 28.9 Å². The second-order valence-corrected chi connectivity index (χ2v) is 8.44. The fourth-order valence-corrected chi connectivity index (χ4v) is 4.81. The van der Waals surface area contributed by atoms with Crippen molar-refractivity contribution in [3.05, 3.63) is 58.1 Å². The summed E-state index contributed by atoms with van der Waals surface area (Å²) < 4.78 is 3.65. The molecule has 1 aliphatic rings. The molecule has 1 aliphatic heterocycles. The van der Waals surface area contributed by atoms with E-state index in [1.165, 1.54) is 70.0 Å². The number of rotatable bonds is 3. The van der Waals surface area contributed by atoms with Crippen LogP contribution in [-0.4, -0.2) is 13.1 Å².